The van der Waals surface area contributed by atoms with Crippen molar-refractivity contribution in [3.05, 3.63) is 35.9 Å². The summed E-state index contributed by atoms with van der Waals surface area (Å²) in [7, 11) is -3.27. The molecule has 4 nitrogen and oxygen atoms in total. The van der Waals surface area contributed by atoms with Gasteiger partial charge in [0, 0.05) is 6.54 Å². The molecule has 1 aliphatic heterocycles. The highest BCUT2D eigenvalue weighted by molar-refractivity contribution is 7.89. The van der Waals surface area contributed by atoms with Gasteiger partial charge in [-0.2, -0.15) is 4.31 Å². The SMILES string of the molecule is CC(CO)(c1ccccc1)N1CCCCS1(=O)=O. The predicted molar refractivity (Wildman–Crippen MR) is 70.6 cm³/mol. The molecule has 1 aromatic rings. The Morgan fingerprint density at radius 1 is 1.28 bits per heavy atom. The van der Waals surface area contributed by atoms with Crippen LogP contribution in [-0.4, -0.2) is 36.7 Å². The minimum absolute atomic E-state index is 0.176. The van der Waals surface area contributed by atoms with Crippen molar-refractivity contribution in [1.29, 1.82) is 0 Å². The van der Waals surface area contributed by atoms with Gasteiger partial charge in [0.1, 0.15) is 0 Å². The van der Waals surface area contributed by atoms with Gasteiger partial charge in [-0.15, -0.1) is 0 Å². The Labute approximate surface area is 108 Å². The van der Waals surface area contributed by atoms with E-state index in [4.69, 9.17) is 0 Å². The normalized spacial score (nSPS) is 23.4. The molecule has 0 bridgehead atoms. The Morgan fingerprint density at radius 3 is 2.50 bits per heavy atom. The summed E-state index contributed by atoms with van der Waals surface area (Å²) in [6.45, 7) is 2.05. The molecule has 0 saturated carbocycles. The van der Waals surface area contributed by atoms with Gasteiger partial charge in [0.25, 0.3) is 0 Å². The highest BCUT2D eigenvalue weighted by atomic mass is 32.2. The van der Waals surface area contributed by atoms with Crippen LogP contribution in [0.1, 0.15) is 25.3 Å². The summed E-state index contributed by atoms with van der Waals surface area (Å²) >= 11 is 0. The van der Waals surface area contributed by atoms with Crippen molar-refractivity contribution >= 4 is 10.0 Å². The van der Waals surface area contributed by atoms with E-state index in [0.29, 0.717) is 13.0 Å². The first kappa shape index (κ1) is 13.5. The van der Waals surface area contributed by atoms with E-state index in [-0.39, 0.29) is 12.4 Å². The Morgan fingerprint density at radius 2 is 1.94 bits per heavy atom. The van der Waals surface area contributed by atoms with Gasteiger partial charge in [-0.05, 0) is 25.3 Å². The molecule has 0 radical (unpaired) electrons. The fraction of sp³-hybridized carbons (Fsp3) is 0.538. The molecule has 1 aromatic carbocycles. The van der Waals surface area contributed by atoms with Crippen LogP contribution >= 0.6 is 0 Å². The lowest BCUT2D eigenvalue weighted by atomic mass is 9.92. The van der Waals surface area contributed by atoms with Crippen LogP contribution in [0.15, 0.2) is 30.3 Å². The van der Waals surface area contributed by atoms with E-state index in [0.717, 1.165) is 12.0 Å². The molecule has 1 heterocycles. The molecule has 0 aromatic heterocycles. The molecule has 0 spiro atoms. The number of sulfonamides is 1. The van der Waals surface area contributed by atoms with Crippen LogP contribution < -0.4 is 0 Å². The molecule has 0 aliphatic carbocycles. The summed E-state index contributed by atoms with van der Waals surface area (Å²) in [5.74, 6) is 0.176. The molecular weight excluding hydrogens is 250 g/mol. The first-order valence-electron chi connectivity index (χ1n) is 6.17. The van der Waals surface area contributed by atoms with E-state index in [1.165, 1.54) is 4.31 Å². The molecule has 2 rings (SSSR count). The maximum Gasteiger partial charge on any atom is 0.214 e. The molecular formula is C13H19NO3S. The average Bonchev–Trinajstić information content (AvgIpc) is 2.38. The minimum Gasteiger partial charge on any atom is -0.394 e. The fourth-order valence-electron chi connectivity index (χ4n) is 2.45. The number of aliphatic hydroxyl groups is 1. The largest absolute Gasteiger partial charge is 0.394 e. The molecule has 18 heavy (non-hydrogen) atoms. The number of hydrogen-bond acceptors (Lipinski definition) is 3. The van der Waals surface area contributed by atoms with Gasteiger partial charge in [-0.1, -0.05) is 30.3 Å². The van der Waals surface area contributed by atoms with Crippen molar-refractivity contribution in [2.45, 2.75) is 25.3 Å². The van der Waals surface area contributed by atoms with Gasteiger partial charge in [0.2, 0.25) is 10.0 Å². The third-order valence-electron chi connectivity index (χ3n) is 3.60. The van der Waals surface area contributed by atoms with Gasteiger partial charge in [-0.3, -0.25) is 0 Å². The second kappa shape index (κ2) is 4.99. The number of hydrogen-bond donors (Lipinski definition) is 1. The summed E-state index contributed by atoms with van der Waals surface area (Å²) < 4.78 is 25.8. The molecule has 1 unspecified atom stereocenters. The first-order chi connectivity index (χ1) is 8.50. The lowest BCUT2D eigenvalue weighted by Gasteiger charge is -2.41. The highest BCUT2D eigenvalue weighted by Gasteiger charge is 2.41. The van der Waals surface area contributed by atoms with E-state index in [9.17, 15) is 13.5 Å². The van der Waals surface area contributed by atoms with Crippen LogP contribution in [-0.2, 0) is 15.6 Å². The van der Waals surface area contributed by atoms with Gasteiger partial charge in [-0.25, -0.2) is 8.42 Å². The van der Waals surface area contributed by atoms with Crippen LogP contribution in [0, 0.1) is 0 Å². The monoisotopic (exact) mass is 269 g/mol. The molecule has 1 atom stereocenters. The van der Waals surface area contributed by atoms with Crippen LogP contribution in [0.2, 0.25) is 0 Å². The molecule has 5 heteroatoms. The summed E-state index contributed by atoms with van der Waals surface area (Å²) in [6.07, 6.45) is 1.55. The Hall–Kier alpha value is -0.910. The number of aliphatic hydroxyl groups excluding tert-OH is 1. The standard InChI is InChI=1S/C13H19NO3S/c1-13(11-15,12-7-3-2-4-8-12)14-9-5-6-10-18(14,16)17/h2-4,7-8,15H,5-6,9-11H2,1H3. The zero-order valence-corrected chi connectivity index (χ0v) is 11.4. The molecule has 0 amide bonds. The Balaban J connectivity index is 2.44. The van der Waals surface area contributed by atoms with Crippen molar-refractivity contribution in [2.75, 3.05) is 18.9 Å². The third-order valence-corrected chi connectivity index (χ3v) is 5.66. The molecule has 100 valence electrons. The smallest absolute Gasteiger partial charge is 0.214 e. The zero-order valence-electron chi connectivity index (χ0n) is 10.5. The van der Waals surface area contributed by atoms with Crippen LogP contribution in [0.5, 0.6) is 0 Å². The van der Waals surface area contributed by atoms with Crippen molar-refractivity contribution in [3.63, 3.8) is 0 Å². The first-order valence-corrected chi connectivity index (χ1v) is 7.78. The zero-order chi connectivity index (χ0) is 13.2. The summed E-state index contributed by atoms with van der Waals surface area (Å²) in [5.41, 5.74) is -0.0291. The van der Waals surface area contributed by atoms with Gasteiger partial charge in [0.15, 0.2) is 0 Å². The quantitative estimate of drug-likeness (QED) is 0.900. The van der Waals surface area contributed by atoms with E-state index >= 15 is 0 Å². The topological polar surface area (TPSA) is 57.6 Å². The fourth-order valence-corrected chi connectivity index (χ4v) is 4.43. The van der Waals surface area contributed by atoms with E-state index in [2.05, 4.69) is 0 Å². The summed E-state index contributed by atoms with van der Waals surface area (Å²) in [5, 5.41) is 9.72. The summed E-state index contributed by atoms with van der Waals surface area (Å²) in [6, 6.07) is 9.33. The molecule has 1 N–H and O–H groups in total. The van der Waals surface area contributed by atoms with E-state index in [1.54, 1.807) is 6.92 Å². The second-order valence-corrected chi connectivity index (χ2v) is 6.91. The predicted octanol–water partition coefficient (Wildman–Crippen LogP) is 1.32. The maximum absolute atomic E-state index is 12.2. The number of rotatable bonds is 3. The number of benzene rings is 1. The minimum atomic E-state index is -3.27. The van der Waals surface area contributed by atoms with Crippen LogP contribution in [0.4, 0.5) is 0 Å². The van der Waals surface area contributed by atoms with E-state index in [1.807, 2.05) is 30.3 Å². The average molecular weight is 269 g/mol. The second-order valence-electron chi connectivity index (χ2n) is 4.89. The highest BCUT2D eigenvalue weighted by Crippen LogP contribution is 2.33. The van der Waals surface area contributed by atoms with Crippen molar-refractivity contribution in [2.24, 2.45) is 0 Å². The maximum atomic E-state index is 12.2. The van der Waals surface area contributed by atoms with Crippen molar-refractivity contribution < 1.29 is 13.5 Å². The lowest BCUT2D eigenvalue weighted by Crippen LogP contribution is -2.52. The van der Waals surface area contributed by atoms with Crippen molar-refractivity contribution in [1.82, 2.24) is 4.31 Å². The third kappa shape index (κ3) is 2.30. The van der Waals surface area contributed by atoms with E-state index < -0.39 is 15.6 Å². The Kier molecular flexibility index (Phi) is 3.75. The number of nitrogens with zero attached hydrogens (tertiary/aromatic N) is 1. The Bertz CT molecular complexity index is 500. The van der Waals surface area contributed by atoms with Crippen LogP contribution in [0.25, 0.3) is 0 Å². The van der Waals surface area contributed by atoms with Gasteiger partial charge in [0.05, 0.1) is 17.9 Å². The molecule has 1 fully saturated rings. The van der Waals surface area contributed by atoms with Gasteiger partial charge >= 0.3 is 0 Å². The molecule has 1 saturated heterocycles. The van der Waals surface area contributed by atoms with Crippen molar-refractivity contribution in [3.8, 4) is 0 Å². The van der Waals surface area contributed by atoms with Gasteiger partial charge < -0.3 is 5.11 Å². The molecule has 1 aliphatic rings. The lowest BCUT2D eigenvalue weighted by molar-refractivity contribution is 0.100. The van der Waals surface area contributed by atoms with Crippen LogP contribution in [0.3, 0.4) is 0 Å². The summed E-state index contributed by atoms with van der Waals surface area (Å²) in [4.78, 5) is 0.